The first-order valence-corrected chi connectivity index (χ1v) is 7.31. The van der Waals surface area contributed by atoms with E-state index in [1.807, 2.05) is 0 Å². The summed E-state index contributed by atoms with van der Waals surface area (Å²) < 4.78 is 26.2. The van der Waals surface area contributed by atoms with E-state index >= 15 is 0 Å². The van der Waals surface area contributed by atoms with Crippen molar-refractivity contribution in [2.75, 3.05) is 0 Å². The van der Waals surface area contributed by atoms with Gasteiger partial charge in [0, 0.05) is 6.42 Å². The van der Waals surface area contributed by atoms with Gasteiger partial charge in [-0.2, -0.15) is 4.72 Å². The second-order valence-electron chi connectivity index (χ2n) is 4.33. The average molecular weight is 300 g/mol. The van der Waals surface area contributed by atoms with Gasteiger partial charge in [-0.05, 0) is 31.0 Å². The maximum atomic E-state index is 12.1. The second-order valence-corrected chi connectivity index (χ2v) is 6.05. The standard InChI is InChI=1S/C12H16N2O5S/c1-8-3-2-4-9(7-8)20(18,19)14-10(12(16)17)5-6-11(13)15/h2-4,7,10,14H,5-6H2,1H3,(H2,13,15)(H,16,17)/t10-/m0/s1. The molecule has 1 amide bonds. The highest BCUT2D eigenvalue weighted by molar-refractivity contribution is 7.89. The molecule has 4 N–H and O–H groups in total. The molecule has 8 heteroatoms. The van der Waals surface area contributed by atoms with Crippen LogP contribution in [0.25, 0.3) is 0 Å². The quantitative estimate of drug-likeness (QED) is 0.653. The largest absolute Gasteiger partial charge is 0.480 e. The van der Waals surface area contributed by atoms with Gasteiger partial charge in [0.05, 0.1) is 4.90 Å². The summed E-state index contributed by atoms with van der Waals surface area (Å²) in [6.07, 6.45) is -0.414. The molecule has 0 aliphatic carbocycles. The fourth-order valence-electron chi connectivity index (χ4n) is 1.56. The van der Waals surface area contributed by atoms with Crippen molar-refractivity contribution in [1.82, 2.24) is 4.72 Å². The molecule has 0 saturated carbocycles. The summed E-state index contributed by atoms with van der Waals surface area (Å²) in [5.74, 6) is -2.05. The number of benzene rings is 1. The molecular formula is C12H16N2O5S. The van der Waals surface area contributed by atoms with Crippen LogP contribution in [0.3, 0.4) is 0 Å². The molecule has 1 aromatic carbocycles. The van der Waals surface area contributed by atoms with E-state index in [4.69, 9.17) is 10.8 Å². The zero-order chi connectivity index (χ0) is 15.3. The zero-order valence-corrected chi connectivity index (χ0v) is 11.7. The predicted octanol–water partition coefficient (Wildman–Crippen LogP) is -0.00798. The number of carboxylic acid groups (broad SMARTS) is 1. The van der Waals surface area contributed by atoms with Crippen molar-refractivity contribution < 1.29 is 23.1 Å². The topological polar surface area (TPSA) is 127 Å². The molecule has 0 fully saturated rings. The van der Waals surface area contributed by atoms with E-state index in [9.17, 15) is 18.0 Å². The Labute approximate surface area is 116 Å². The number of aliphatic carboxylic acids is 1. The molecule has 1 rings (SSSR count). The number of sulfonamides is 1. The van der Waals surface area contributed by atoms with Crippen molar-refractivity contribution in [2.24, 2.45) is 5.73 Å². The maximum absolute atomic E-state index is 12.1. The van der Waals surface area contributed by atoms with Crippen molar-refractivity contribution in [3.8, 4) is 0 Å². The van der Waals surface area contributed by atoms with Crippen LogP contribution in [0.2, 0.25) is 0 Å². The minimum atomic E-state index is -3.96. The first-order valence-electron chi connectivity index (χ1n) is 5.82. The molecule has 0 unspecified atom stereocenters. The Morgan fingerprint density at radius 2 is 2.05 bits per heavy atom. The van der Waals surface area contributed by atoms with E-state index in [1.165, 1.54) is 12.1 Å². The van der Waals surface area contributed by atoms with Crippen LogP contribution >= 0.6 is 0 Å². The number of carbonyl (C=O) groups excluding carboxylic acids is 1. The van der Waals surface area contributed by atoms with E-state index in [0.29, 0.717) is 0 Å². The number of primary amides is 1. The lowest BCUT2D eigenvalue weighted by molar-refractivity contribution is -0.139. The molecular weight excluding hydrogens is 284 g/mol. The van der Waals surface area contributed by atoms with Crippen LogP contribution in [-0.2, 0) is 19.6 Å². The normalized spacial score (nSPS) is 12.8. The summed E-state index contributed by atoms with van der Waals surface area (Å²) >= 11 is 0. The Morgan fingerprint density at radius 1 is 1.40 bits per heavy atom. The third-order valence-electron chi connectivity index (χ3n) is 2.57. The van der Waals surface area contributed by atoms with Crippen molar-refractivity contribution in [3.05, 3.63) is 29.8 Å². The molecule has 110 valence electrons. The summed E-state index contributed by atoms with van der Waals surface area (Å²) in [4.78, 5) is 21.6. The second kappa shape index (κ2) is 6.49. The molecule has 0 aromatic heterocycles. The van der Waals surface area contributed by atoms with E-state index in [2.05, 4.69) is 4.72 Å². The lowest BCUT2D eigenvalue weighted by atomic mass is 10.2. The van der Waals surface area contributed by atoms with Gasteiger partial charge in [0.15, 0.2) is 0 Å². The molecule has 0 aliphatic rings. The molecule has 0 heterocycles. The first kappa shape index (κ1) is 16.1. The van der Waals surface area contributed by atoms with E-state index < -0.39 is 27.9 Å². The molecule has 0 bridgehead atoms. The van der Waals surface area contributed by atoms with Crippen LogP contribution in [0.4, 0.5) is 0 Å². The molecule has 7 nitrogen and oxygen atoms in total. The van der Waals surface area contributed by atoms with Gasteiger partial charge in [-0.3, -0.25) is 9.59 Å². The number of nitrogens with one attached hydrogen (secondary N) is 1. The number of carbonyl (C=O) groups is 2. The molecule has 20 heavy (non-hydrogen) atoms. The molecule has 0 spiro atoms. The van der Waals surface area contributed by atoms with Crippen molar-refractivity contribution in [2.45, 2.75) is 30.7 Å². The summed E-state index contributed by atoms with van der Waals surface area (Å²) in [5.41, 5.74) is 5.66. The lowest BCUT2D eigenvalue weighted by Crippen LogP contribution is -2.41. The van der Waals surface area contributed by atoms with Gasteiger partial charge in [-0.15, -0.1) is 0 Å². The molecule has 1 atom stereocenters. The maximum Gasteiger partial charge on any atom is 0.321 e. The van der Waals surface area contributed by atoms with E-state index in [0.717, 1.165) is 5.56 Å². The minimum Gasteiger partial charge on any atom is -0.480 e. The average Bonchev–Trinajstić information content (AvgIpc) is 2.34. The van der Waals surface area contributed by atoms with Gasteiger partial charge in [0.1, 0.15) is 6.04 Å². The van der Waals surface area contributed by atoms with Crippen molar-refractivity contribution in [1.29, 1.82) is 0 Å². The Kier molecular flexibility index (Phi) is 5.23. The zero-order valence-electron chi connectivity index (χ0n) is 10.9. The summed E-state index contributed by atoms with van der Waals surface area (Å²) in [6.45, 7) is 1.72. The van der Waals surface area contributed by atoms with Gasteiger partial charge in [-0.1, -0.05) is 12.1 Å². The van der Waals surface area contributed by atoms with Crippen LogP contribution in [0.1, 0.15) is 18.4 Å². The highest BCUT2D eigenvalue weighted by Crippen LogP contribution is 2.12. The van der Waals surface area contributed by atoms with Gasteiger partial charge in [0.2, 0.25) is 15.9 Å². The van der Waals surface area contributed by atoms with Gasteiger partial charge in [-0.25, -0.2) is 8.42 Å². The van der Waals surface area contributed by atoms with Crippen LogP contribution in [0, 0.1) is 6.92 Å². The van der Waals surface area contributed by atoms with E-state index in [-0.39, 0.29) is 17.7 Å². The van der Waals surface area contributed by atoms with Gasteiger partial charge >= 0.3 is 5.97 Å². The van der Waals surface area contributed by atoms with Gasteiger partial charge < -0.3 is 10.8 Å². The summed E-state index contributed by atoms with van der Waals surface area (Å²) in [7, 11) is -3.96. The Bertz CT molecular complexity index is 612. The number of hydrogen-bond acceptors (Lipinski definition) is 4. The molecule has 0 saturated heterocycles. The molecule has 1 aromatic rings. The number of hydrogen-bond donors (Lipinski definition) is 3. The van der Waals surface area contributed by atoms with Crippen LogP contribution in [-0.4, -0.2) is 31.4 Å². The monoisotopic (exact) mass is 300 g/mol. The predicted molar refractivity (Wildman–Crippen MR) is 71.4 cm³/mol. The smallest absolute Gasteiger partial charge is 0.321 e. The fourth-order valence-corrected chi connectivity index (χ4v) is 2.89. The Morgan fingerprint density at radius 3 is 2.55 bits per heavy atom. The Hall–Kier alpha value is -1.93. The van der Waals surface area contributed by atoms with Crippen LogP contribution in [0.15, 0.2) is 29.2 Å². The fraction of sp³-hybridized carbons (Fsp3) is 0.333. The summed E-state index contributed by atoms with van der Waals surface area (Å²) in [6, 6.07) is 4.68. The number of carboxylic acids is 1. The van der Waals surface area contributed by atoms with E-state index in [1.54, 1.807) is 19.1 Å². The molecule has 0 aliphatic heterocycles. The highest BCUT2D eigenvalue weighted by Gasteiger charge is 2.25. The van der Waals surface area contributed by atoms with Crippen molar-refractivity contribution >= 4 is 21.9 Å². The highest BCUT2D eigenvalue weighted by atomic mass is 32.2. The number of rotatable bonds is 7. The van der Waals surface area contributed by atoms with Crippen LogP contribution in [0.5, 0.6) is 0 Å². The SMILES string of the molecule is Cc1cccc(S(=O)(=O)N[C@@H](CCC(N)=O)C(=O)O)c1. The van der Waals surface area contributed by atoms with Crippen LogP contribution < -0.4 is 10.5 Å². The summed E-state index contributed by atoms with van der Waals surface area (Å²) in [5, 5.41) is 8.97. The number of nitrogens with two attached hydrogens (primary N) is 1. The number of amides is 1. The minimum absolute atomic E-state index is 0.0252. The Balaban J connectivity index is 2.91. The molecule has 0 radical (unpaired) electrons. The number of aryl methyl sites for hydroxylation is 1. The van der Waals surface area contributed by atoms with Crippen molar-refractivity contribution in [3.63, 3.8) is 0 Å². The third-order valence-corrected chi connectivity index (χ3v) is 4.04. The third kappa shape index (κ3) is 4.63. The lowest BCUT2D eigenvalue weighted by Gasteiger charge is -2.14. The first-order chi connectivity index (χ1) is 9.22. The van der Waals surface area contributed by atoms with Gasteiger partial charge in [0.25, 0.3) is 0 Å².